The molecule has 146 valence electrons. The molecule has 0 radical (unpaired) electrons. The van der Waals surface area contributed by atoms with Crippen LogP contribution in [0.15, 0.2) is 11.6 Å². The lowest BCUT2D eigenvalue weighted by Gasteiger charge is -2.62. The quantitative estimate of drug-likeness (QED) is 0.612. The summed E-state index contributed by atoms with van der Waals surface area (Å²) in [6, 6.07) is 0. The average Bonchev–Trinajstić information content (AvgIpc) is 2.85. The van der Waals surface area contributed by atoms with Crippen LogP contribution < -0.4 is 0 Å². The lowest BCUT2D eigenvalue weighted by Crippen LogP contribution is -2.55. The third-order valence-electron chi connectivity index (χ3n) is 9.80. The van der Waals surface area contributed by atoms with Crippen LogP contribution in [0.4, 0.5) is 0 Å². The molecule has 0 aromatic carbocycles. The number of carbonyl (C=O) groups excluding carboxylic acids is 1. The fourth-order valence-corrected chi connectivity index (χ4v) is 8.27. The summed E-state index contributed by atoms with van der Waals surface area (Å²) in [5.74, 6) is 2.06. The predicted molar refractivity (Wildman–Crippen MR) is 106 cm³/mol. The van der Waals surface area contributed by atoms with Crippen LogP contribution in [0.2, 0.25) is 0 Å². The molecule has 0 saturated heterocycles. The molecule has 0 bridgehead atoms. The van der Waals surface area contributed by atoms with Crippen LogP contribution in [-0.2, 0) is 4.79 Å². The van der Waals surface area contributed by atoms with Crippen molar-refractivity contribution in [1.29, 1.82) is 0 Å². The van der Waals surface area contributed by atoms with Gasteiger partial charge in [-0.25, -0.2) is 0 Å². The van der Waals surface area contributed by atoms with E-state index in [1.807, 2.05) is 13.8 Å². The Morgan fingerprint density at radius 1 is 0.962 bits per heavy atom. The molecule has 4 aliphatic carbocycles. The summed E-state index contributed by atoms with van der Waals surface area (Å²) in [7, 11) is 0. The second kappa shape index (κ2) is 5.69. The van der Waals surface area contributed by atoms with E-state index in [1.165, 1.54) is 25.7 Å². The van der Waals surface area contributed by atoms with Gasteiger partial charge >= 0.3 is 0 Å². The van der Waals surface area contributed by atoms with Crippen molar-refractivity contribution in [3.63, 3.8) is 0 Å². The normalized spacial score (nSPS) is 53.8. The first-order valence-electron chi connectivity index (χ1n) is 11.0. The zero-order valence-corrected chi connectivity index (χ0v) is 17.5. The lowest BCUT2D eigenvalue weighted by molar-refractivity contribution is -0.133. The van der Waals surface area contributed by atoms with Crippen LogP contribution in [0, 0.1) is 34.0 Å². The Labute approximate surface area is 159 Å². The van der Waals surface area contributed by atoms with Crippen molar-refractivity contribution in [3.05, 3.63) is 11.6 Å². The van der Waals surface area contributed by atoms with Crippen molar-refractivity contribution in [2.75, 3.05) is 0 Å². The summed E-state index contributed by atoms with van der Waals surface area (Å²) < 4.78 is 0. The molecule has 2 heteroatoms. The Morgan fingerprint density at radius 3 is 2.38 bits per heavy atom. The van der Waals surface area contributed by atoms with E-state index < -0.39 is 5.60 Å². The number of carbonyl (C=O) groups is 1. The first-order valence-corrected chi connectivity index (χ1v) is 11.0. The molecule has 2 nitrogen and oxygen atoms in total. The van der Waals surface area contributed by atoms with Gasteiger partial charge in [-0.1, -0.05) is 32.4 Å². The highest BCUT2D eigenvalue weighted by Crippen LogP contribution is 2.71. The summed E-state index contributed by atoms with van der Waals surface area (Å²) in [5.41, 5.74) is 1.87. The molecule has 0 heterocycles. The van der Waals surface area contributed by atoms with Crippen LogP contribution in [0.1, 0.15) is 92.4 Å². The van der Waals surface area contributed by atoms with Gasteiger partial charge in [-0.15, -0.1) is 0 Å². The number of hydrogen-bond donors (Lipinski definition) is 1. The van der Waals surface area contributed by atoms with Gasteiger partial charge in [0.25, 0.3) is 0 Å². The smallest absolute Gasteiger partial charge is 0.133 e. The minimum Gasteiger partial charge on any atom is -0.390 e. The predicted octanol–water partition coefficient (Wildman–Crippen LogP) is 5.69. The summed E-state index contributed by atoms with van der Waals surface area (Å²) in [5, 5.41) is 10.7. The highest BCUT2D eigenvalue weighted by atomic mass is 16.3. The van der Waals surface area contributed by atoms with Crippen molar-refractivity contribution >= 4 is 5.78 Å². The third kappa shape index (κ3) is 2.43. The maximum Gasteiger partial charge on any atom is 0.133 e. The zero-order chi connectivity index (χ0) is 19.0. The monoisotopic (exact) mass is 358 g/mol. The second-order valence-electron chi connectivity index (χ2n) is 11.2. The molecule has 0 amide bonds. The molecule has 2 unspecified atom stereocenters. The lowest BCUT2D eigenvalue weighted by atomic mass is 9.42. The fourth-order valence-electron chi connectivity index (χ4n) is 8.27. The van der Waals surface area contributed by atoms with Gasteiger partial charge in [0, 0.05) is 5.92 Å². The summed E-state index contributed by atoms with van der Waals surface area (Å²) in [6.07, 6.45) is 12.5. The Hall–Kier alpha value is -0.630. The SMILES string of the molecule is CC(=O)[C@H]1CCC2[C@]3(C)CC=C4CC[C@](C)(O)CC[C@]4(C)C3CC[C@@]21C. The molecule has 7 atom stereocenters. The van der Waals surface area contributed by atoms with E-state index in [9.17, 15) is 9.90 Å². The standard InChI is InChI=1S/C24H38O2/c1-16(25)18-6-7-19-23(18,4)13-10-20-22(3)15-14-21(2,26)11-8-17(22)9-12-24(19,20)5/h9,18-20,26H,6-8,10-15H2,1-5H3/t18-,19?,20?,21+,22+,23-,24+/m1/s1. The van der Waals surface area contributed by atoms with Crippen molar-refractivity contribution in [2.24, 2.45) is 34.0 Å². The zero-order valence-electron chi connectivity index (χ0n) is 17.5. The molecular weight excluding hydrogens is 320 g/mol. The summed E-state index contributed by atoms with van der Waals surface area (Å²) >= 11 is 0. The fraction of sp³-hybridized carbons (Fsp3) is 0.875. The number of allylic oxidation sites excluding steroid dienone is 2. The van der Waals surface area contributed by atoms with E-state index in [0.29, 0.717) is 23.0 Å². The van der Waals surface area contributed by atoms with Crippen molar-refractivity contribution < 1.29 is 9.90 Å². The molecule has 1 N–H and O–H groups in total. The molecule has 0 spiro atoms. The molecule has 0 aromatic rings. The van der Waals surface area contributed by atoms with Crippen molar-refractivity contribution in [3.8, 4) is 0 Å². The topological polar surface area (TPSA) is 37.3 Å². The summed E-state index contributed by atoms with van der Waals surface area (Å²) in [6.45, 7) is 11.3. The van der Waals surface area contributed by atoms with Gasteiger partial charge in [0.05, 0.1) is 5.60 Å². The molecule has 3 fully saturated rings. The van der Waals surface area contributed by atoms with Crippen LogP contribution in [0.5, 0.6) is 0 Å². The highest BCUT2D eigenvalue weighted by molar-refractivity contribution is 5.79. The maximum absolute atomic E-state index is 12.3. The van der Waals surface area contributed by atoms with E-state index >= 15 is 0 Å². The van der Waals surface area contributed by atoms with Gasteiger partial charge in [0.15, 0.2) is 0 Å². The summed E-state index contributed by atoms with van der Waals surface area (Å²) in [4.78, 5) is 12.3. The number of fused-ring (bicyclic) bond motifs is 5. The minimum atomic E-state index is -0.506. The van der Waals surface area contributed by atoms with E-state index in [0.717, 1.165) is 32.1 Å². The number of Topliss-reactive ketones (excluding diaryl/α,β-unsaturated/α-hetero) is 1. The third-order valence-corrected chi connectivity index (χ3v) is 9.80. The van der Waals surface area contributed by atoms with E-state index in [1.54, 1.807) is 5.57 Å². The van der Waals surface area contributed by atoms with E-state index in [4.69, 9.17) is 0 Å². The number of ketones is 1. The largest absolute Gasteiger partial charge is 0.390 e. The Balaban J connectivity index is 1.72. The molecule has 0 aliphatic heterocycles. The maximum atomic E-state index is 12.3. The van der Waals surface area contributed by atoms with Crippen LogP contribution in [0.3, 0.4) is 0 Å². The van der Waals surface area contributed by atoms with Gasteiger partial charge in [0.1, 0.15) is 5.78 Å². The first kappa shape index (κ1) is 18.7. The van der Waals surface area contributed by atoms with Crippen LogP contribution >= 0.6 is 0 Å². The van der Waals surface area contributed by atoms with E-state index in [-0.39, 0.29) is 16.7 Å². The molecule has 4 rings (SSSR count). The van der Waals surface area contributed by atoms with E-state index in [2.05, 4.69) is 26.8 Å². The molecule has 4 aliphatic rings. The van der Waals surface area contributed by atoms with Crippen molar-refractivity contribution in [2.45, 2.75) is 98.0 Å². The van der Waals surface area contributed by atoms with Crippen molar-refractivity contribution in [1.82, 2.24) is 0 Å². The number of rotatable bonds is 1. The molecular formula is C24H38O2. The Morgan fingerprint density at radius 2 is 1.69 bits per heavy atom. The van der Waals surface area contributed by atoms with Gasteiger partial charge in [0.2, 0.25) is 0 Å². The van der Waals surface area contributed by atoms with Crippen LogP contribution in [0.25, 0.3) is 0 Å². The molecule has 3 saturated carbocycles. The number of aliphatic hydroxyl groups is 1. The van der Waals surface area contributed by atoms with Gasteiger partial charge in [-0.2, -0.15) is 0 Å². The Bertz CT molecular complexity index is 647. The number of hydrogen-bond acceptors (Lipinski definition) is 2. The van der Waals surface area contributed by atoms with Gasteiger partial charge in [-0.05, 0) is 99.7 Å². The first-order chi connectivity index (χ1) is 12.0. The minimum absolute atomic E-state index is 0.203. The molecule has 26 heavy (non-hydrogen) atoms. The van der Waals surface area contributed by atoms with Gasteiger partial charge in [-0.3, -0.25) is 4.79 Å². The average molecular weight is 359 g/mol. The molecule has 0 aromatic heterocycles. The van der Waals surface area contributed by atoms with Crippen LogP contribution in [-0.4, -0.2) is 16.5 Å². The Kier molecular flexibility index (Phi) is 4.10. The highest BCUT2D eigenvalue weighted by Gasteiger charge is 2.64. The second-order valence-corrected chi connectivity index (χ2v) is 11.2. The van der Waals surface area contributed by atoms with Gasteiger partial charge < -0.3 is 5.11 Å².